The molecule has 0 fully saturated rings. The zero-order valence-corrected chi connectivity index (χ0v) is 17.7. The number of hydrogen-bond acceptors (Lipinski definition) is 3. The number of rotatable bonds is 3. The van der Waals surface area contributed by atoms with E-state index in [4.69, 9.17) is 11.6 Å². The molecule has 1 N–H and O–H groups in total. The summed E-state index contributed by atoms with van der Waals surface area (Å²) in [5.74, 6) is -0.174. The average molecular weight is 417 g/mol. The highest BCUT2D eigenvalue weighted by atomic mass is 35.5. The van der Waals surface area contributed by atoms with Crippen LogP contribution in [0.3, 0.4) is 0 Å². The van der Waals surface area contributed by atoms with E-state index in [1.54, 1.807) is 42.6 Å². The molecule has 0 aliphatic rings. The van der Waals surface area contributed by atoms with Gasteiger partial charge in [0.2, 0.25) is 5.88 Å². The van der Waals surface area contributed by atoms with Crippen molar-refractivity contribution in [3.63, 3.8) is 0 Å². The fraction of sp³-hybridized carbons (Fsp3) is 0.120. The highest BCUT2D eigenvalue weighted by Crippen LogP contribution is 2.29. The third-order valence-electron chi connectivity index (χ3n) is 5.13. The van der Waals surface area contributed by atoms with E-state index in [1.807, 2.05) is 32.9 Å². The second kappa shape index (κ2) is 7.81. The van der Waals surface area contributed by atoms with Gasteiger partial charge in [-0.15, -0.1) is 0 Å². The van der Waals surface area contributed by atoms with Crippen LogP contribution in [0.5, 0.6) is 5.88 Å². The van der Waals surface area contributed by atoms with E-state index < -0.39 is 0 Å². The van der Waals surface area contributed by atoms with Crippen LogP contribution >= 0.6 is 11.6 Å². The number of aromatic hydroxyl groups is 1. The highest BCUT2D eigenvalue weighted by molar-refractivity contribution is 6.30. The van der Waals surface area contributed by atoms with Gasteiger partial charge in [0, 0.05) is 22.0 Å². The fourth-order valence-corrected chi connectivity index (χ4v) is 4.03. The predicted octanol–water partition coefficient (Wildman–Crippen LogP) is 6.03. The zero-order chi connectivity index (χ0) is 21.4. The summed E-state index contributed by atoms with van der Waals surface area (Å²) in [6.45, 7) is 6.07. The molecule has 4 aromatic rings. The lowest BCUT2D eigenvalue weighted by Gasteiger charge is -2.14. The van der Waals surface area contributed by atoms with Gasteiger partial charge in [-0.3, -0.25) is 9.79 Å². The van der Waals surface area contributed by atoms with Crippen molar-refractivity contribution in [2.45, 2.75) is 20.8 Å². The molecule has 0 unspecified atom stereocenters. The lowest BCUT2D eigenvalue weighted by Crippen LogP contribution is -2.20. The Labute approximate surface area is 179 Å². The average Bonchev–Trinajstić information content (AvgIpc) is 2.69. The van der Waals surface area contributed by atoms with Crippen LogP contribution < -0.4 is 5.56 Å². The molecule has 0 aliphatic heterocycles. The van der Waals surface area contributed by atoms with Crippen molar-refractivity contribution in [1.29, 1.82) is 0 Å². The molecule has 0 spiro atoms. The molecular weight excluding hydrogens is 396 g/mol. The molecule has 0 radical (unpaired) electrons. The second-order valence-electron chi connectivity index (χ2n) is 7.41. The molecule has 0 atom stereocenters. The van der Waals surface area contributed by atoms with Gasteiger partial charge in [0.05, 0.1) is 16.9 Å². The number of pyridine rings is 1. The molecular formula is C25H21ClN2O2. The summed E-state index contributed by atoms with van der Waals surface area (Å²) in [6.07, 6.45) is 1.63. The Morgan fingerprint density at radius 3 is 2.27 bits per heavy atom. The van der Waals surface area contributed by atoms with Gasteiger partial charge in [-0.25, -0.2) is 4.57 Å². The van der Waals surface area contributed by atoms with Gasteiger partial charge in [-0.1, -0.05) is 53.6 Å². The third-order valence-corrected chi connectivity index (χ3v) is 5.36. The summed E-state index contributed by atoms with van der Waals surface area (Å²) in [5, 5.41) is 12.7. The summed E-state index contributed by atoms with van der Waals surface area (Å²) in [5.41, 5.74) is 4.78. The van der Waals surface area contributed by atoms with Crippen LogP contribution in [0.15, 0.2) is 70.5 Å². The second-order valence-corrected chi connectivity index (χ2v) is 7.85. The lowest BCUT2D eigenvalue weighted by atomic mass is 10.0. The van der Waals surface area contributed by atoms with Crippen molar-refractivity contribution in [3.8, 4) is 11.6 Å². The molecule has 4 nitrogen and oxygen atoms in total. The Balaban J connectivity index is 2.00. The number of fused-ring (bicyclic) bond motifs is 1. The summed E-state index contributed by atoms with van der Waals surface area (Å²) in [4.78, 5) is 17.8. The van der Waals surface area contributed by atoms with E-state index in [1.165, 1.54) is 10.1 Å². The van der Waals surface area contributed by atoms with Gasteiger partial charge in [-0.2, -0.15) is 0 Å². The normalized spacial score (nSPS) is 11.5. The molecule has 1 heterocycles. The van der Waals surface area contributed by atoms with E-state index in [-0.39, 0.29) is 11.4 Å². The van der Waals surface area contributed by atoms with Gasteiger partial charge >= 0.3 is 0 Å². The van der Waals surface area contributed by atoms with E-state index in [0.29, 0.717) is 27.0 Å². The smallest absolute Gasteiger partial charge is 0.265 e. The first kappa shape index (κ1) is 19.9. The molecule has 0 saturated carbocycles. The molecule has 1 aromatic heterocycles. The van der Waals surface area contributed by atoms with Crippen molar-refractivity contribution in [1.82, 2.24) is 4.57 Å². The molecule has 5 heteroatoms. The Morgan fingerprint density at radius 1 is 0.933 bits per heavy atom. The fourth-order valence-electron chi connectivity index (χ4n) is 3.85. The van der Waals surface area contributed by atoms with Crippen molar-refractivity contribution < 1.29 is 5.11 Å². The highest BCUT2D eigenvalue weighted by Gasteiger charge is 2.16. The van der Waals surface area contributed by atoms with Crippen LogP contribution in [-0.2, 0) is 0 Å². The van der Waals surface area contributed by atoms with Crippen LogP contribution in [0.1, 0.15) is 22.3 Å². The molecule has 3 aromatic carbocycles. The maximum Gasteiger partial charge on any atom is 0.265 e. The first-order chi connectivity index (χ1) is 14.4. The number of aryl methyl sites for hydroxylation is 3. The summed E-state index contributed by atoms with van der Waals surface area (Å²) in [6, 6.07) is 18.2. The molecule has 0 saturated heterocycles. The monoisotopic (exact) mass is 416 g/mol. The molecule has 0 aliphatic carbocycles. The first-order valence-electron chi connectivity index (χ1n) is 9.61. The molecule has 150 valence electrons. The van der Waals surface area contributed by atoms with Gasteiger partial charge in [0.1, 0.15) is 0 Å². The standard InChI is InChI=1S/C25H21ClN2O2/c1-15-11-16(2)23(17(3)12-15)27-14-22-20-9-4-5-10-21(20)24(29)28(25(22)30)19-8-6-7-18(26)13-19/h4-14,30H,1-3H3. The SMILES string of the molecule is Cc1cc(C)c(N=Cc2c(O)n(-c3cccc(Cl)c3)c(=O)c3ccccc23)c(C)c1. The lowest BCUT2D eigenvalue weighted by molar-refractivity contribution is 0.436. The van der Waals surface area contributed by atoms with Gasteiger partial charge < -0.3 is 5.11 Å². The number of hydrogen-bond donors (Lipinski definition) is 1. The molecule has 0 bridgehead atoms. The Hall–Kier alpha value is -3.37. The van der Waals surface area contributed by atoms with Crippen molar-refractivity contribution >= 4 is 34.3 Å². The first-order valence-corrected chi connectivity index (χ1v) is 9.99. The molecule has 4 rings (SSSR count). The van der Waals surface area contributed by atoms with Gasteiger partial charge in [0.25, 0.3) is 5.56 Å². The predicted molar refractivity (Wildman–Crippen MR) is 124 cm³/mol. The molecule has 0 amide bonds. The van der Waals surface area contributed by atoms with Crippen molar-refractivity contribution in [2.75, 3.05) is 0 Å². The topological polar surface area (TPSA) is 54.6 Å². The Morgan fingerprint density at radius 2 is 1.60 bits per heavy atom. The number of aliphatic imine (C=N–C) groups is 1. The van der Waals surface area contributed by atoms with E-state index in [0.717, 1.165) is 16.8 Å². The Kier molecular flexibility index (Phi) is 5.18. The van der Waals surface area contributed by atoms with Crippen LogP contribution in [0, 0.1) is 20.8 Å². The van der Waals surface area contributed by atoms with Crippen LogP contribution in [-0.4, -0.2) is 15.9 Å². The number of benzene rings is 3. The Bertz CT molecular complexity index is 1350. The molecule has 30 heavy (non-hydrogen) atoms. The zero-order valence-electron chi connectivity index (χ0n) is 17.0. The number of nitrogens with zero attached hydrogens (tertiary/aromatic N) is 2. The van der Waals surface area contributed by atoms with Crippen LogP contribution in [0.2, 0.25) is 5.02 Å². The quantitative estimate of drug-likeness (QED) is 0.415. The van der Waals surface area contributed by atoms with E-state index in [9.17, 15) is 9.90 Å². The minimum atomic E-state index is -0.315. The van der Waals surface area contributed by atoms with Crippen LogP contribution in [0.4, 0.5) is 5.69 Å². The largest absolute Gasteiger partial charge is 0.494 e. The minimum absolute atomic E-state index is 0.174. The van der Waals surface area contributed by atoms with E-state index in [2.05, 4.69) is 17.1 Å². The van der Waals surface area contributed by atoms with Gasteiger partial charge in [0.15, 0.2) is 0 Å². The summed E-state index contributed by atoms with van der Waals surface area (Å²) >= 11 is 6.12. The maximum absolute atomic E-state index is 13.1. The van der Waals surface area contributed by atoms with Gasteiger partial charge in [-0.05, 0) is 56.2 Å². The van der Waals surface area contributed by atoms with Crippen LogP contribution in [0.25, 0.3) is 16.5 Å². The summed E-state index contributed by atoms with van der Waals surface area (Å²) in [7, 11) is 0. The van der Waals surface area contributed by atoms with E-state index >= 15 is 0 Å². The van der Waals surface area contributed by atoms with Crippen molar-refractivity contribution in [3.05, 3.63) is 98.3 Å². The summed E-state index contributed by atoms with van der Waals surface area (Å²) < 4.78 is 1.27. The number of halogens is 1. The third kappa shape index (κ3) is 3.51. The maximum atomic E-state index is 13.1. The van der Waals surface area contributed by atoms with Crippen molar-refractivity contribution in [2.24, 2.45) is 4.99 Å². The number of aromatic nitrogens is 1. The minimum Gasteiger partial charge on any atom is -0.494 e.